The minimum absolute atomic E-state index is 0.102. The smallest absolute Gasteiger partial charge is 0.298 e. The van der Waals surface area contributed by atoms with E-state index in [-0.39, 0.29) is 18.0 Å². The Morgan fingerprint density at radius 2 is 2.00 bits per heavy atom. The molecule has 1 aromatic carbocycles. The molecule has 28 heavy (non-hydrogen) atoms. The number of aryl methyl sites for hydroxylation is 2. The third-order valence-electron chi connectivity index (χ3n) is 4.31. The van der Waals surface area contributed by atoms with Crippen molar-refractivity contribution in [1.82, 2.24) is 9.78 Å². The Morgan fingerprint density at radius 1 is 1.36 bits per heavy atom. The van der Waals surface area contributed by atoms with E-state index in [1.807, 2.05) is 32.5 Å². The highest BCUT2D eigenvalue weighted by Gasteiger charge is 2.33. The number of rotatable bonds is 1. The first-order valence-electron chi connectivity index (χ1n) is 8.90. The number of carbonyl (C=O) groups excluding carboxylic acids is 1. The molecule has 1 aliphatic heterocycles. The molecule has 0 saturated carbocycles. The molecule has 0 amide bonds. The van der Waals surface area contributed by atoms with Gasteiger partial charge in [0.2, 0.25) is 0 Å². The van der Waals surface area contributed by atoms with Gasteiger partial charge in [0.1, 0.15) is 0 Å². The van der Waals surface area contributed by atoms with Gasteiger partial charge in [-0.3, -0.25) is 9.48 Å². The molecular formula is C19H22BClF3N3O. The Hall–Kier alpha value is -2.27. The summed E-state index contributed by atoms with van der Waals surface area (Å²) in [6.07, 6.45) is -1.55. The molecule has 9 heteroatoms. The molecule has 0 spiro atoms. The highest BCUT2D eigenvalue weighted by atomic mass is 35.5. The number of alkyl halides is 3. The number of aldehydes is 1. The molecule has 0 aliphatic carbocycles. The van der Waals surface area contributed by atoms with Gasteiger partial charge in [0.15, 0.2) is 6.29 Å². The Bertz CT molecular complexity index is 859. The largest absolute Gasteiger partial charge is 0.417 e. The Kier molecular flexibility index (Phi) is 8.77. The molecule has 0 atom stereocenters. The molecular weight excluding hydrogens is 389 g/mol. The second-order valence-electron chi connectivity index (χ2n) is 6.02. The number of aromatic nitrogens is 2. The number of halogens is 4. The van der Waals surface area contributed by atoms with E-state index in [1.165, 1.54) is 17.3 Å². The Labute approximate surface area is 168 Å². The van der Waals surface area contributed by atoms with E-state index in [1.54, 1.807) is 0 Å². The van der Waals surface area contributed by atoms with Crippen molar-refractivity contribution in [2.24, 2.45) is 7.05 Å². The summed E-state index contributed by atoms with van der Waals surface area (Å²) in [5.41, 5.74) is 2.20. The van der Waals surface area contributed by atoms with Crippen LogP contribution in [-0.2, 0) is 26.0 Å². The maximum absolute atomic E-state index is 12.2. The summed E-state index contributed by atoms with van der Waals surface area (Å²) in [4.78, 5) is 10.3. The van der Waals surface area contributed by atoms with Crippen LogP contribution in [0.1, 0.15) is 46.7 Å². The quantitative estimate of drug-likeness (QED) is 0.483. The van der Waals surface area contributed by atoms with E-state index in [2.05, 4.69) is 11.1 Å². The van der Waals surface area contributed by atoms with Gasteiger partial charge in [-0.25, -0.2) is 5.26 Å². The molecule has 150 valence electrons. The summed E-state index contributed by atoms with van der Waals surface area (Å²) in [6.45, 7) is 6.23. The topological polar surface area (TPSA) is 58.7 Å². The highest BCUT2D eigenvalue weighted by molar-refractivity contribution is 6.66. The number of carbonyl (C=O) groups is 1. The van der Waals surface area contributed by atoms with Crippen molar-refractivity contribution in [2.75, 3.05) is 0 Å². The first kappa shape index (κ1) is 23.8. The van der Waals surface area contributed by atoms with Gasteiger partial charge in [0.05, 0.1) is 16.3 Å². The summed E-state index contributed by atoms with van der Waals surface area (Å²) in [7, 11) is 1.98. The van der Waals surface area contributed by atoms with Crippen molar-refractivity contribution in [2.45, 2.75) is 46.0 Å². The summed E-state index contributed by atoms with van der Waals surface area (Å²) >= 11 is 5.40. The Balaban J connectivity index is 0.000000257. The van der Waals surface area contributed by atoms with Crippen molar-refractivity contribution in [3.63, 3.8) is 0 Å². The van der Waals surface area contributed by atoms with Crippen molar-refractivity contribution >= 4 is 24.6 Å². The maximum Gasteiger partial charge on any atom is 0.417 e. The van der Waals surface area contributed by atoms with Gasteiger partial charge in [-0.15, -0.1) is 0 Å². The zero-order valence-corrected chi connectivity index (χ0v) is 17.0. The second-order valence-corrected chi connectivity index (χ2v) is 6.43. The zero-order chi connectivity index (χ0) is 21.5. The molecule has 0 unspecified atom stereocenters. The zero-order valence-electron chi connectivity index (χ0n) is 16.3. The van der Waals surface area contributed by atoms with E-state index in [9.17, 15) is 18.0 Å². The van der Waals surface area contributed by atoms with Crippen LogP contribution in [-0.4, -0.2) is 22.8 Å². The number of hydrogen-bond donors (Lipinski definition) is 0. The fourth-order valence-corrected chi connectivity index (χ4v) is 3.22. The monoisotopic (exact) mass is 411 g/mol. The summed E-state index contributed by atoms with van der Waals surface area (Å²) < 4.78 is 38.6. The summed E-state index contributed by atoms with van der Waals surface area (Å²) in [5.74, 6) is 2.34. The van der Waals surface area contributed by atoms with Gasteiger partial charge in [0, 0.05) is 24.3 Å². The van der Waals surface area contributed by atoms with E-state index in [0.717, 1.165) is 36.9 Å². The lowest BCUT2D eigenvalue weighted by atomic mass is 9.42. The minimum atomic E-state index is -4.54. The number of nitrogens with zero attached hydrogens (tertiary/aromatic N) is 3. The maximum atomic E-state index is 12.2. The van der Waals surface area contributed by atoms with Crippen LogP contribution in [0.4, 0.5) is 13.2 Å². The van der Waals surface area contributed by atoms with E-state index in [4.69, 9.17) is 16.9 Å². The molecule has 3 rings (SSSR count). The van der Waals surface area contributed by atoms with Crippen molar-refractivity contribution in [3.05, 3.63) is 51.3 Å². The van der Waals surface area contributed by atoms with Gasteiger partial charge in [0.25, 0.3) is 6.71 Å². The van der Waals surface area contributed by atoms with E-state index in [0.29, 0.717) is 0 Å². The van der Waals surface area contributed by atoms with Crippen LogP contribution >= 0.6 is 11.6 Å². The molecule has 4 nitrogen and oxygen atoms in total. The third-order valence-corrected chi connectivity index (χ3v) is 4.64. The molecule has 1 aromatic heterocycles. The molecule has 0 radical (unpaired) electrons. The number of nitriles is 1. The summed E-state index contributed by atoms with van der Waals surface area (Å²) in [6, 6.07) is 3.20. The lowest BCUT2D eigenvalue weighted by molar-refractivity contribution is -0.137. The van der Waals surface area contributed by atoms with E-state index < -0.39 is 17.3 Å². The number of hydrogen-bond acceptors (Lipinski definition) is 3. The molecule has 2 heterocycles. The fourth-order valence-electron chi connectivity index (χ4n) is 3.00. The van der Waals surface area contributed by atoms with Crippen LogP contribution in [0.5, 0.6) is 0 Å². The predicted octanol–water partition coefficient (Wildman–Crippen LogP) is 5.12. The molecule has 0 bridgehead atoms. The molecule has 0 N–H and O–H groups in total. The van der Waals surface area contributed by atoms with Gasteiger partial charge in [-0.1, -0.05) is 37.8 Å². The van der Waals surface area contributed by atoms with Crippen molar-refractivity contribution < 1.29 is 18.0 Å². The standard InChI is InChI=1S/C9H12BN3.C8H4ClF3O.C2H6/c1-7-8-5-10(6-11)4-3-9(8)13(2)12-7;9-7-3-1-2-6(5(7)4-13)8(10,11)12;1-2/h3-5H2,1-2H3;1-4H;1-2H3. The van der Waals surface area contributed by atoms with Gasteiger partial charge < -0.3 is 0 Å². The van der Waals surface area contributed by atoms with Gasteiger partial charge in [-0.05, 0) is 37.4 Å². The first-order valence-corrected chi connectivity index (χ1v) is 9.28. The van der Waals surface area contributed by atoms with Crippen molar-refractivity contribution in [3.8, 4) is 5.97 Å². The molecule has 0 fully saturated rings. The van der Waals surface area contributed by atoms with Crippen LogP contribution in [0.2, 0.25) is 11.3 Å². The lowest BCUT2D eigenvalue weighted by Crippen LogP contribution is -2.22. The SMILES string of the molecule is CC.Cc1nn(C)c2c1CB(C#N)CC2.O=Cc1c(Cl)cccc1C(F)(F)F. The molecule has 1 aliphatic rings. The average Bonchev–Trinajstić information content (AvgIpc) is 2.96. The van der Waals surface area contributed by atoms with Crippen LogP contribution in [0.25, 0.3) is 0 Å². The average molecular weight is 412 g/mol. The number of benzene rings is 1. The van der Waals surface area contributed by atoms with Crippen LogP contribution in [0.3, 0.4) is 0 Å². The van der Waals surface area contributed by atoms with Gasteiger partial charge in [-0.2, -0.15) is 18.3 Å². The molecule has 2 aromatic rings. The molecule has 0 saturated heterocycles. The highest BCUT2D eigenvalue weighted by Crippen LogP contribution is 2.33. The van der Waals surface area contributed by atoms with Crippen molar-refractivity contribution in [1.29, 1.82) is 5.26 Å². The summed E-state index contributed by atoms with van der Waals surface area (Å²) in [5, 5.41) is 13.0. The van der Waals surface area contributed by atoms with Crippen LogP contribution in [0.15, 0.2) is 18.2 Å². The van der Waals surface area contributed by atoms with Gasteiger partial charge >= 0.3 is 6.18 Å². The fraction of sp³-hybridized carbons (Fsp3) is 0.421. The predicted molar refractivity (Wildman–Crippen MR) is 105 cm³/mol. The normalized spacial score (nSPS) is 12.6. The minimum Gasteiger partial charge on any atom is -0.298 e. The lowest BCUT2D eigenvalue weighted by Gasteiger charge is -2.14. The van der Waals surface area contributed by atoms with Crippen LogP contribution in [0, 0.1) is 18.2 Å². The third kappa shape index (κ3) is 5.62. The Morgan fingerprint density at radius 3 is 2.50 bits per heavy atom. The number of fused-ring (bicyclic) bond motifs is 1. The van der Waals surface area contributed by atoms with Crippen LogP contribution < -0.4 is 0 Å². The van der Waals surface area contributed by atoms with E-state index >= 15 is 0 Å². The second kappa shape index (κ2) is 10.3. The first-order chi connectivity index (χ1) is 13.2.